The molecule has 1 unspecified atom stereocenters. The first-order chi connectivity index (χ1) is 12.7. The summed E-state index contributed by atoms with van der Waals surface area (Å²) in [4.78, 5) is 11.4. The second-order valence-corrected chi connectivity index (χ2v) is 7.83. The van der Waals surface area contributed by atoms with Crippen LogP contribution in [-0.4, -0.2) is 23.8 Å². The molecule has 0 heterocycles. The highest BCUT2D eigenvalue weighted by atomic mass is 16.5. The third-order valence-electron chi connectivity index (χ3n) is 5.06. The van der Waals surface area contributed by atoms with Crippen LogP contribution >= 0.6 is 0 Å². The Morgan fingerprint density at radius 2 is 1.12 bits per heavy atom. The van der Waals surface area contributed by atoms with E-state index in [4.69, 9.17) is 4.74 Å². The van der Waals surface area contributed by atoms with Crippen molar-refractivity contribution in [3.63, 3.8) is 0 Å². The summed E-state index contributed by atoms with van der Waals surface area (Å²) in [5, 5.41) is 9.84. The van der Waals surface area contributed by atoms with Crippen molar-refractivity contribution in [2.24, 2.45) is 0 Å². The molecule has 0 aliphatic heterocycles. The lowest BCUT2D eigenvalue weighted by Crippen LogP contribution is -2.18. The third kappa shape index (κ3) is 19.8. The van der Waals surface area contributed by atoms with Crippen LogP contribution in [0.2, 0.25) is 0 Å². The maximum absolute atomic E-state index is 11.4. The number of unbranched alkanes of at least 4 members (excludes halogenated alkanes) is 14. The van der Waals surface area contributed by atoms with Crippen molar-refractivity contribution < 1.29 is 14.6 Å². The molecular weight excluding hydrogens is 324 g/mol. The highest BCUT2D eigenvalue weighted by Gasteiger charge is 2.08. The van der Waals surface area contributed by atoms with Gasteiger partial charge in [0, 0.05) is 6.42 Å². The van der Waals surface area contributed by atoms with Gasteiger partial charge >= 0.3 is 5.97 Å². The van der Waals surface area contributed by atoms with Gasteiger partial charge in [-0.15, -0.1) is 0 Å². The van der Waals surface area contributed by atoms with E-state index in [-0.39, 0.29) is 12.6 Å². The molecule has 0 spiro atoms. The van der Waals surface area contributed by atoms with Crippen LogP contribution in [0.25, 0.3) is 0 Å². The first kappa shape index (κ1) is 25.4. The molecule has 0 fully saturated rings. The SMILES string of the molecule is CCCCCCCCCCCCCCCCC(O)COC(=O)CCCC. The molecule has 156 valence electrons. The molecule has 0 radical (unpaired) electrons. The lowest BCUT2D eigenvalue weighted by molar-refractivity contribution is -0.146. The summed E-state index contributed by atoms with van der Waals surface area (Å²) >= 11 is 0. The zero-order valence-electron chi connectivity index (χ0n) is 17.8. The van der Waals surface area contributed by atoms with E-state index in [0.717, 1.165) is 25.7 Å². The molecule has 0 aliphatic carbocycles. The summed E-state index contributed by atoms with van der Waals surface area (Å²) in [6, 6.07) is 0. The summed E-state index contributed by atoms with van der Waals surface area (Å²) in [7, 11) is 0. The molecule has 0 aromatic heterocycles. The second kappa shape index (κ2) is 20.7. The Morgan fingerprint density at radius 1 is 0.692 bits per heavy atom. The van der Waals surface area contributed by atoms with Crippen LogP contribution in [0, 0.1) is 0 Å². The van der Waals surface area contributed by atoms with Crippen LogP contribution in [-0.2, 0) is 9.53 Å². The Balaban J connectivity index is 3.19. The van der Waals surface area contributed by atoms with Crippen LogP contribution < -0.4 is 0 Å². The van der Waals surface area contributed by atoms with E-state index in [1.807, 2.05) is 0 Å². The quantitative estimate of drug-likeness (QED) is 0.186. The van der Waals surface area contributed by atoms with Crippen LogP contribution in [0.5, 0.6) is 0 Å². The minimum absolute atomic E-state index is 0.168. The molecule has 3 heteroatoms. The number of esters is 1. The van der Waals surface area contributed by atoms with Gasteiger partial charge in [-0.3, -0.25) is 4.79 Å². The molecule has 0 aliphatic rings. The standard InChI is InChI=1S/C23H46O3/c1-3-5-7-8-9-10-11-12-13-14-15-16-17-18-19-22(24)21-26-23(25)20-6-4-2/h22,24H,3-21H2,1-2H3. The number of carbonyl (C=O) groups is 1. The number of aliphatic hydroxyl groups is 1. The first-order valence-corrected chi connectivity index (χ1v) is 11.5. The Hall–Kier alpha value is -0.570. The molecule has 0 saturated carbocycles. The largest absolute Gasteiger partial charge is 0.463 e. The Bertz CT molecular complexity index is 291. The Kier molecular flexibility index (Phi) is 20.3. The van der Waals surface area contributed by atoms with Crippen LogP contribution in [0.15, 0.2) is 0 Å². The van der Waals surface area contributed by atoms with Crippen LogP contribution in [0.4, 0.5) is 0 Å². The Morgan fingerprint density at radius 3 is 1.58 bits per heavy atom. The predicted molar refractivity (Wildman–Crippen MR) is 111 cm³/mol. The van der Waals surface area contributed by atoms with Gasteiger partial charge < -0.3 is 9.84 Å². The average Bonchev–Trinajstić information content (AvgIpc) is 2.64. The van der Waals surface area contributed by atoms with E-state index in [9.17, 15) is 9.90 Å². The van der Waals surface area contributed by atoms with Crippen LogP contribution in [0.1, 0.15) is 129 Å². The molecule has 1 atom stereocenters. The molecule has 0 aromatic carbocycles. The van der Waals surface area contributed by atoms with Gasteiger partial charge in [0.2, 0.25) is 0 Å². The maximum Gasteiger partial charge on any atom is 0.305 e. The van der Waals surface area contributed by atoms with Crippen molar-refractivity contribution in [2.45, 2.75) is 136 Å². The fraction of sp³-hybridized carbons (Fsp3) is 0.957. The minimum Gasteiger partial charge on any atom is -0.463 e. The molecule has 0 aromatic rings. The maximum atomic E-state index is 11.4. The van der Waals surface area contributed by atoms with E-state index in [0.29, 0.717) is 6.42 Å². The van der Waals surface area contributed by atoms with Crippen molar-refractivity contribution in [3.05, 3.63) is 0 Å². The van der Waals surface area contributed by atoms with E-state index < -0.39 is 6.10 Å². The van der Waals surface area contributed by atoms with Gasteiger partial charge in [0.25, 0.3) is 0 Å². The van der Waals surface area contributed by atoms with Crippen LogP contribution in [0.3, 0.4) is 0 Å². The topological polar surface area (TPSA) is 46.5 Å². The highest BCUT2D eigenvalue weighted by molar-refractivity contribution is 5.69. The number of aliphatic hydroxyl groups excluding tert-OH is 1. The van der Waals surface area contributed by atoms with Gasteiger partial charge in [-0.05, 0) is 12.8 Å². The van der Waals surface area contributed by atoms with E-state index in [1.54, 1.807) is 0 Å². The summed E-state index contributed by atoms with van der Waals surface area (Å²) in [6.07, 6.45) is 21.4. The summed E-state index contributed by atoms with van der Waals surface area (Å²) in [6.45, 7) is 4.49. The molecule has 26 heavy (non-hydrogen) atoms. The van der Waals surface area contributed by atoms with Crippen molar-refractivity contribution in [3.8, 4) is 0 Å². The lowest BCUT2D eigenvalue weighted by atomic mass is 10.0. The molecule has 1 N–H and O–H groups in total. The fourth-order valence-corrected chi connectivity index (χ4v) is 3.24. The van der Waals surface area contributed by atoms with Gasteiger partial charge in [-0.2, -0.15) is 0 Å². The van der Waals surface area contributed by atoms with Crippen molar-refractivity contribution in [1.29, 1.82) is 0 Å². The monoisotopic (exact) mass is 370 g/mol. The molecule has 3 nitrogen and oxygen atoms in total. The number of ether oxygens (including phenoxy) is 1. The van der Waals surface area contributed by atoms with E-state index >= 15 is 0 Å². The zero-order chi connectivity index (χ0) is 19.3. The number of hydrogen-bond acceptors (Lipinski definition) is 3. The molecule has 0 amide bonds. The molecule has 0 bridgehead atoms. The van der Waals surface area contributed by atoms with Crippen molar-refractivity contribution in [1.82, 2.24) is 0 Å². The zero-order valence-corrected chi connectivity index (χ0v) is 17.8. The average molecular weight is 371 g/mol. The molecule has 0 rings (SSSR count). The van der Waals surface area contributed by atoms with Gasteiger partial charge in [-0.25, -0.2) is 0 Å². The minimum atomic E-state index is -0.488. The van der Waals surface area contributed by atoms with Crippen molar-refractivity contribution in [2.75, 3.05) is 6.61 Å². The highest BCUT2D eigenvalue weighted by Crippen LogP contribution is 2.13. The number of carbonyl (C=O) groups excluding carboxylic acids is 1. The third-order valence-corrected chi connectivity index (χ3v) is 5.06. The second-order valence-electron chi connectivity index (χ2n) is 7.83. The van der Waals surface area contributed by atoms with E-state index in [1.165, 1.54) is 83.5 Å². The smallest absolute Gasteiger partial charge is 0.305 e. The first-order valence-electron chi connectivity index (χ1n) is 11.5. The van der Waals surface area contributed by atoms with Gasteiger partial charge in [0.05, 0.1) is 6.10 Å². The summed E-state index contributed by atoms with van der Waals surface area (Å²) < 4.78 is 5.09. The predicted octanol–water partition coefficient (Wildman–Crippen LogP) is 6.95. The molecular formula is C23H46O3. The van der Waals surface area contributed by atoms with Gasteiger partial charge in [0.15, 0.2) is 0 Å². The normalized spacial score (nSPS) is 12.3. The van der Waals surface area contributed by atoms with Gasteiger partial charge in [-0.1, -0.05) is 110 Å². The fourth-order valence-electron chi connectivity index (χ4n) is 3.24. The van der Waals surface area contributed by atoms with E-state index in [2.05, 4.69) is 13.8 Å². The van der Waals surface area contributed by atoms with Crippen molar-refractivity contribution >= 4 is 5.97 Å². The lowest BCUT2D eigenvalue weighted by Gasteiger charge is -2.11. The number of rotatable bonds is 20. The number of hydrogen-bond donors (Lipinski definition) is 1. The van der Waals surface area contributed by atoms with Gasteiger partial charge in [0.1, 0.15) is 6.61 Å². The molecule has 0 saturated heterocycles. The summed E-state index contributed by atoms with van der Waals surface area (Å²) in [5.41, 5.74) is 0. The summed E-state index contributed by atoms with van der Waals surface area (Å²) in [5.74, 6) is -0.174. The Labute approximate surface area is 163 Å².